The van der Waals surface area contributed by atoms with Crippen LogP contribution in [0.15, 0.2) is 65.1 Å². The van der Waals surface area contributed by atoms with Crippen LogP contribution < -0.4 is 5.46 Å². The molecule has 1 aromatic heterocycles. The third kappa shape index (κ3) is 3.43. The summed E-state index contributed by atoms with van der Waals surface area (Å²) in [6.07, 6.45) is 0. The second-order valence-electron chi connectivity index (χ2n) is 8.21. The molecule has 0 spiro atoms. The topological polar surface area (TPSA) is 55.5 Å². The van der Waals surface area contributed by atoms with Gasteiger partial charge in [0.15, 0.2) is 5.58 Å². The van der Waals surface area contributed by atoms with E-state index in [0.29, 0.717) is 13.4 Å². The molecule has 0 saturated heterocycles. The predicted octanol–water partition coefficient (Wildman–Crippen LogP) is 4.19. The fraction of sp³-hybridized carbons (Fsp3) is 0.261. The van der Waals surface area contributed by atoms with Crippen LogP contribution in [0.1, 0.15) is 27.7 Å². The van der Waals surface area contributed by atoms with Crippen LogP contribution in [0.3, 0.4) is 0 Å². The molecule has 28 heavy (non-hydrogen) atoms. The smallest absolute Gasteiger partial charge is 0.309 e. The molecule has 142 valence electrons. The van der Waals surface area contributed by atoms with Gasteiger partial charge in [-0.1, -0.05) is 54.0 Å². The van der Waals surface area contributed by atoms with E-state index in [1.54, 1.807) is 13.8 Å². The minimum Gasteiger partial charge on any atom is -0.435 e. The van der Waals surface area contributed by atoms with Gasteiger partial charge >= 0.3 is 7.48 Å². The van der Waals surface area contributed by atoms with Crippen molar-refractivity contribution in [3.63, 3.8) is 0 Å². The Hall–Kier alpha value is -2.63. The van der Waals surface area contributed by atoms with Crippen LogP contribution in [-0.2, 0) is 4.65 Å². The van der Waals surface area contributed by atoms with Crippen LogP contribution in [0, 0.1) is 0 Å². The van der Waals surface area contributed by atoms with Crippen molar-refractivity contribution >= 4 is 34.8 Å². The Morgan fingerprint density at radius 3 is 2.54 bits per heavy atom. The number of benzene rings is 3. The first-order valence-corrected chi connectivity index (χ1v) is 9.48. The Morgan fingerprint density at radius 2 is 1.75 bits per heavy atom. The van der Waals surface area contributed by atoms with Gasteiger partial charge in [0.05, 0.1) is 11.2 Å². The summed E-state index contributed by atoms with van der Waals surface area (Å²) in [5.41, 5.74) is 1.95. The summed E-state index contributed by atoms with van der Waals surface area (Å²) in [5, 5.41) is 12.5. The second-order valence-corrected chi connectivity index (χ2v) is 8.21. The molecule has 0 unspecified atom stereocenters. The van der Waals surface area contributed by atoms with Crippen molar-refractivity contribution in [1.82, 2.24) is 4.98 Å². The molecule has 1 N–H and O–H groups in total. The maximum atomic E-state index is 10.3. The molecule has 5 heteroatoms. The highest BCUT2D eigenvalue weighted by Crippen LogP contribution is 2.30. The molecule has 0 fully saturated rings. The zero-order chi connectivity index (χ0) is 19.9. The fourth-order valence-corrected chi connectivity index (χ4v) is 3.01. The van der Waals surface area contributed by atoms with Gasteiger partial charge in [0.25, 0.3) is 0 Å². The monoisotopic (exact) mass is 373 g/mol. The van der Waals surface area contributed by atoms with Gasteiger partial charge in [0.2, 0.25) is 5.89 Å². The van der Waals surface area contributed by atoms with Crippen LogP contribution in [0.4, 0.5) is 0 Å². The number of fused-ring (bicyclic) bond motifs is 3. The molecule has 4 aromatic rings. The summed E-state index contributed by atoms with van der Waals surface area (Å²) in [6, 6.07) is 20.2. The van der Waals surface area contributed by atoms with E-state index in [1.807, 2.05) is 56.3 Å². The lowest BCUT2D eigenvalue weighted by molar-refractivity contribution is -0.0893. The van der Waals surface area contributed by atoms with Crippen molar-refractivity contribution < 1.29 is 14.2 Å². The summed E-state index contributed by atoms with van der Waals surface area (Å²) in [6.45, 7) is 7.30. The maximum absolute atomic E-state index is 10.3. The standard InChI is InChI=1S/C23H24BNO3/c1-22(2,26)23(3,4)28-24-17-10-7-9-16(14-17)21-25-19-13-12-15-8-5-6-11-18(15)20(19)27-21/h5-14,24,26H,1-4H3. The molecule has 0 bridgehead atoms. The predicted molar refractivity (Wildman–Crippen MR) is 115 cm³/mol. The average Bonchev–Trinajstić information content (AvgIpc) is 3.11. The first-order chi connectivity index (χ1) is 13.2. The van der Waals surface area contributed by atoms with E-state index in [-0.39, 0.29) is 0 Å². The van der Waals surface area contributed by atoms with E-state index in [9.17, 15) is 5.11 Å². The van der Waals surface area contributed by atoms with Gasteiger partial charge in [-0.2, -0.15) is 0 Å². The number of aliphatic hydroxyl groups is 1. The molecule has 4 rings (SSSR count). The van der Waals surface area contributed by atoms with E-state index in [1.165, 1.54) is 0 Å². The molecule has 4 nitrogen and oxygen atoms in total. The van der Waals surface area contributed by atoms with E-state index >= 15 is 0 Å². The first-order valence-electron chi connectivity index (χ1n) is 9.48. The lowest BCUT2D eigenvalue weighted by Gasteiger charge is -2.37. The van der Waals surface area contributed by atoms with Crippen molar-refractivity contribution in [3.8, 4) is 11.5 Å². The Labute approximate surface area is 165 Å². The molecular weight excluding hydrogens is 349 g/mol. The van der Waals surface area contributed by atoms with Gasteiger partial charge in [0.1, 0.15) is 5.52 Å². The lowest BCUT2D eigenvalue weighted by Crippen LogP contribution is -2.49. The summed E-state index contributed by atoms with van der Waals surface area (Å²) in [7, 11) is 0.397. The molecule has 1 heterocycles. The molecule has 0 aliphatic rings. The van der Waals surface area contributed by atoms with E-state index < -0.39 is 11.2 Å². The third-order valence-corrected chi connectivity index (χ3v) is 5.53. The SMILES string of the molecule is CC(C)(O)C(C)(C)OBc1cccc(-c2nc3ccc4ccccc4c3o2)c1. The van der Waals surface area contributed by atoms with E-state index in [2.05, 4.69) is 23.2 Å². The highest BCUT2D eigenvalue weighted by atomic mass is 16.5. The average molecular weight is 373 g/mol. The maximum Gasteiger partial charge on any atom is 0.309 e. The number of aromatic nitrogens is 1. The molecule has 0 aliphatic heterocycles. The summed E-state index contributed by atoms with van der Waals surface area (Å²) < 4.78 is 12.1. The molecule has 0 radical (unpaired) electrons. The quantitative estimate of drug-likeness (QED) is 0.533. The molecule has 0 atom stereocenters. The van der Waals surface area contributed by atoms with Gasteiger partial charge in [-0.3, -0.25) is 0 Å². The minimum atomic E-state index is -0.939. The van der Waals surface area contributed by atoms with Crippen molar-refractivity contribution in [2.24, 2.45) is 0 Å². The molecule has 3 aromatic carbocycles. The van der Waals surface area contributed by atoms with Crippen LogP contribution >= 0.6 is 0 Å². The van der Waals surface area contributed by atoms with Crippen molar-refractivity contribution in [2.75, 3.05) is 0 Å². The highest BCUT2D eigenvalue weighted by molar-refractivity contribution is 6.47. The number of hydrogen-bond donors (Lipinski definition) is 1. The normalized spacial score (nSPS) is 12.6. The number of rotatable bonds is 5. The summed E-state index contributed by atoms with van der Waals surface area (Å²) in [5.74, 6) is 0.593. The van der Waals surface area contributed by atoms with Crippen LogP contribution in [0.25, 0.3) is 33.3 Å². The van der Waals surface area contributed by atoms with Gasteiger partial charge in [-0.05, 0) is 45.2 Å². The second kappa shape index (κ2) is 6.76. The molecule has 0 saturated carbocycles. The van der Waals surface area contributed by atoms with Crippen molar-refractivity contribution in [2.45, 2.75) is 38.9 Å². The van der Waals surface area contributed by atoms with Gasteiger partial charge < -0.3 is 14.2 Å². The van der Waals surface area contributed by atoms with Gasteiger partial charge in [-0.25, -0.2) is 4.98 Å². The van der Waals surface area contributed by atoms with Gasteiger partial charge in [-0.15, -0.1) is 0 Å². The van der Waals surface area contributed by atoms with Crippen LogP contribution in [-0.4, -0.2) is 28.8 Å². The number of nitrogens with zero attached hydrogens (tertiary/aromatic N) is 1. The fourth-order valence-electron chi connectivity index (χ4n) is 3.01. The Balaban J connectivity index is 1.65. The largest absolute Gasteiger partial charge is 0.435 e. The zero-order valence-electron chi connectivity index (χ0n) is 16.7. The molecule has 0 aliphatic carbocycles. The third-order valence-electron chi connectivity index (χ3n) is 5.53. The van der Waals surface area contributed by atoms with E-state index in [4.69, 9.17) is 9.07 Å². The Morgan fingerprint density at radius 1 is 0.964 bits per heavy atom. The summed E-state index contributed by atoms with van der Waals surface area (Å²) in [4.78, 5) is 4.67. The van der Waals surface area contributed by atoms with Crippen LogP contribution in [0.5, 0.6) is 0 Å². The zero-order valence-corrected chi connectivity index (χ0v) is 16.7. The lowest BCUT2D eigenvalue weighted by atomic mass is 9.82. The molecule has 0 amide bonds. The minimum absolute atomic E-state index is 0.397. The van der Waals surface area contributed by atoms with Gasteiger partial charge in [0, 0.05) is 10.9 Å². The Kier molecular flexibility index (Phi) is 4.52. The Bertz CT molecular complexity index is 1140. The number of hydrogen-bond acceptors (Lipinski definition) is 4. The number of oxazole rings is 1. The van der Waals surface area contributed by atoms with Crippen molar-refractivity contribution in [3.05, 3.63) is 60.7 Å². The first kappa shape index (κ1) is 18.7. The summed E-state index contributed by atoms with van der Waals surface area (Å²) >= 11 is 0. The van der Waals surface area contributed by atoms with E-state index in [0.717, 1.165) is 32.9 Å². The molecular formula is C23H24BNO3. The van der Waals surface area contributed by atoms with Crippen LogP contribution in [0.2, 0.25) is 0 Å². The highest BCUT2D eigenvalue weighted by Gasteiger charge is 2.35. The van der Waals surface area contributed by atoms with Crippen molar-refractivity contribution in [1.29, 1.82) is 0 Å².